The summed E-state index contributed by atoms with van der Waals surface area (Å²) in [4.78, 5) is 0. The summed E-state index contributed by atoms with van der Waals surface area (Å²) in [5, 5.41) is 9.79. The Morgan fingerprint density at radius 2 is 1.84 bits per heavy atom. The highest BCUT2D eigenvalue weighted by Crippen LogP contribution is 2.07. The lowest BCUT2D eigenvalue weighted by Crippen LogP contribution is -2.46. The van der Waals surface area contributed by atoms with E-state index in [4.69, 9.17) is 5.73 Å². The molecule has 0 aromatic rings. The third-order valence-electron chi connectivity index (χ3n) is 2.88. The number of hydrogen-bond donors (Lipinski definition) is 4. The molecular formula is C12H29N3O3S. The van der Waals surface area contributed by atoms with E-state index in [1.807, 2.05) is 6.92 Å². The van der Waals surface area contributed by atoms with Gasteiger partial charge in [-0.3, -0.25) is 0 Å². The van der Waals surface area contributed by atoms with Crippen molar-refractivity contribution >= 4 is 10.2 Å². The number of aliphatic hydroxyl groups is 1. The van der Waals surface area contributed by atoms with Gasteiger partial charge >= 0.3 is 0 Å². The number of nitrogens with one attached hydrogen (secondary N) is 2. The van der Waals surface area contributed by atoms with Crippen LogP contribution in [0.3, 0.4) is 0 Å². The van der Waals surface area contributed by atoms with Crippen LogP contribution in [0.5, 0.6) is 0 Å². The van der Waals surface area contributed by atoms with Crippen LogP contribution in [0.1, 0.15) is 46.5 Å². The highest BCUT2D eigenvalue weighted by atomic mass is 32.2. The summed E-state index contributed by atoms with van der Waals surface area (Å²) in [6.07, 6.45) is 2.45. The van der Waals surface area contributed by atoms with Crippen molar-refractivity contribution in [3.8, 4) is 0 Å². The van der Waals surface area contributed by atoms with E-state index in [1.54, 1.807) is 0 Å². The van der Waals surface area contributed by atoms with Crippen molar-refractivity contribution in [2.75, 3.05) is 13.1 Å². The van der Waals surface area contributed by atoms with Crippen LogP contribution < -0.4 is 15.2 Å². The van der Waals surface area contributed by atoms with Crippen molar-refractivity contribution < 1.29 is 13.5 Å². The molecule has 0 spiro atoms. The Morgan fingerprint density at radius 1 is 1.21 bits per heavy atom. The van der Waals surface area contributed by atoms with Crippen molar-refractivity contribution in [3.05, 3.63) is 0 Å². The maximum Gasteiger partial charge on any atom is 0.276 e. The molecule has 6 nitrogen and oxygen atoms in total. The van der Waals surface area contributed by atoms with E-state index >= 15 is 0 Å². The molecule has 0 heterocycles. The predicted molar refractivity (Wildman–Crippen MR) is 77.9 cm³/mol. The fourth-order valence-electron chi connectivity index (χ4n) is 1.50. The van der Waals surface area contributed by atoms with Gasteiger partial charge in [0, 0.05) is 19.1 Å². The molecule has 19 heavy (non-hydrogen) atoms. The molecule has 5 N–H and O–H groups in total. The molecule has 7 heteroatoms. The smallest absolute Gasteiger partial charge is 0.276 e. The maximum absolute atomic E-state index is 11.5. The van der Waals surface area contributed by atoms with Gasteiger partial charge in [-0.2, -0.15) is 13.1 Å². The molecule has 0 rings (SSSR count). The second kappa shape index (κ2) is 9.66. The van der Waals surface area contributed by atoms with Gasteiger partial charge in [0.1, 0.15) is 0 Å². The minimum atomic E-state index is -3.53. The van der Waals surface area contributed by atoms with Gasteiger partial charge in [-0.15, -0.1) is 0 Å². The third-order valence-corrected chi connectivity index (χ3v) is 4.01. The first-order valence-corrected chi connectivity index (χ1v) is 8.44. The number of nitrogens with two attached hydrogens (primary N) is 1. The normalized spacial score (nSPS) is 15.7. The second-order valence-corrected chi connectivity index (χ2v) is 6.89. The van der Waals surface area contributed by atoms with E-state index in [-0.39, 0.29) is 6.54 Å². The molecule has 0 amide bonds. The van der Waals surface area contributed by atoms with E-state index in [2.05, 4.69) is 23.3 Å². The maximum atomic E-state index is 11.5. The van der Waals surface area contributed by atoms with Crippen molar-refractivity contribution in [1.82, 2.24) is 9.44 Å². The third kappa shape index (κ3) is 10.3. The number of rotatable bonds is 11. The molecule has 2 unspecified atom stereocenters. The summed E-state index contributed by atoms with van der Waals surface area (Å²) in [6, 6.07) is -0.402. The number of hydrogen-bond acceptors (Lipinski definition) is 4. The fourth-order valence-corrected chi connectivity index (χ4v) is 2.40. The molecule has 0 bridgehead atoms. The van der Waals surface area contributed by atoms with Crippen LogP contribution in [-0.2, 0) is 10.2 Å². The zero-order valence-corrected chi connectivity index (χ0v) is 13.0. The highest BCUT2D eigenvalue weighted by molar-refractivity contribution is 7.87. The molecule has 2 atom stereocenters. The van der Waals surface area contributed by atoms with Crippen LogP contribution in [0.25, 0.3) is 0 Å². The quantitative estimate of drug-likeness (QED) is 0.412. The Balaban J connectivity index is 3.96. The SMILES string of the molecule is CCCCNS(=O)(=O)NCC(O)C(N)CCC(C)C. The molecule has 0 aromatic heterocycles. The summed E-state index contributed by atoms with van der Waals surface area (Å²) in [6.45, 7) is 6.50. The summed E-state index contributed by atoms with van der Waals surface area (Å²) in [5.41, 5.74) is 5.81. The van der Waals surface area contributed by atoms with E-state index in [0.29, 0.717) is 18.9 Å². The van der Waals surface area contributed by atoms with Crippen molar-refractivity contribution in [1.29, 1.82) is 0 Å². The van der Waals surface area contributed by atoms with Gasteiger partial charge in [0.2, 0.25) is 0 Å². The van der Waals surface area contributed by atoms with E-state index in [1.165, 1.54) is 0 Å². The van der Waals surface area contributed by atoms with E-state index < -0.39 is 22.4 Å². The zero-order valence-electron chi connectivity index (χ0n) is 12.2. The molecule has 0 aromatic carbocycles. The predicted octanol–water partition coefficient (Wildman–Crippen LogP) is 0.335. The first-order chi connectivity index (χ1) is 8.78. The van der Waals surface area contributed by atoms with E-state index in [9.17, 15) is 13.5 Å². The van der Waals surface area contributed by atoms with Crippen LogP contribution in [0.15, 0.2) is 0 Å². The molecule has 0 aliphatic rings. The molecule has 0 saturated carbocycles. The van der Waals surface area contributed by atoms with Crippen molar-refractivity contribution in [3.63, 3.8) is 0 Å². The fraction of sp³-hybridized carbons (Fsp3) is 1.00. The topological polar surface area (TPSA) is 104 Å². The van der Waals surface area contributed by atoms with Crippen LogP contribution in [0, 0.1) is 5.92 Å². The molecule has 116 valence electrons. The Labute approximate surface area is 117 Å². The lowest BCUT2D eigenvalue weighted by Gasteiger charge is -2.20. The summed E-state index contributed by atoms with van der Waals surface area (Å²) >= 11 is 0. The van der Waals surface area contributed by atoms with Gasteiger partial charge in [0.15, 0.2) is 0 Å². The first kappa shape index (κ1) is 18.8. The highest BCUT2D eigenvalue weighted by Gasteiger charge is 2.18. The summed E-state index contributed by atoms with van der Waals surface area (Å²) in [5.74, 6) is 0.519. The van der Waals surface area contributed by atoms with Crippen LogP contribution in [-0.4, -0.2) is 38.8 Å². The van der Waals surface area contributed by atoms with E-state index in [0.717, 1.165) is 19.3 Å². The second-order valence-electron chi connectivity index (χ2n) is 5.30. The lowest BCUT2D eigenvalue weighted by molar-refractivity contribution is 0.141. The van der Waals surface area contributed by atoms with Gasteiger partial charge < -0.3 is 10.8 Å². The lowest BCUT2D eigenvalue weighted by atomic mass is 10.0. The van der Waals surface area contributed by atoms with Crippen molar-refractivity contribution in [2.45, 2.75) is 58.6 Å². The molecule has 0 aliphatic carbocycles. The van der Waals surface area contributed by atoms with Crippen LogP contribution in [0.4, 0.5) is 0 Å². The number of aliphatic hydroxyl groups excluding tert-OH is 1. The molecule has 0 aliphatic heterocycles. The Kier molecular flexibility index (Phi) is 9.55. The van der Waals surface area contributed by atoms with Gasteiger partial charge in [-0.25, -0.2) is 4.72 Å². The Hall–Kier alpha value is -0.210. The van der Waals surface area contributed by atoms with Gasteiger partial charge in [0.05, 0.1) is 6.10 Å². The monoisotopic (exact) mass is 295 g/mol. The molecular weight excluding hydrogens is 266 g/mol. The average Bonchev–Trinajstić information content (AvgIpc) is 2.33. The minimum Gasteiger partial charge on any atom is -0.390 e. The van der Waals surface area contributed by atoms with Crippen LogP contribution in [0.2, 0.25) is 0 Å². The summed E-state index contributed by atoms with van der Waals surface area (Å²) < 4.78 is 27.8. The molecule has 0 fully saturated rings. The first-order valence-electron chi connectivity index (χ1n) is 6.96. The average molecular weight is 295 g/mol. The van der Waals surface area contributed by atoms with Gasteiger partial charge in [-0.1, -0.05) is 27.2 Å². The summed E-state index contributed by atoms with van der Waals surface area (Å²) in [7, 11) is -3.53. The Bertz CT molecular complexity index is 320. The minimum absolute atomic E-state index is 0.0548. The Morgan fingerprint density at radius 3 is 2.37 bits per heavy atom. The largest absolute Gasteiger partial charge is 0.390 e. The standard InChI is InChI=1S/C12H29N3O3S/c1-4-5-8-14-19(17,18)15-9-12(16)11(13)7-6-10(2)3/h10-12,14-16H,4-9,13H2,1-3H3. The van der Waals surface area contributed by atoms with Crippen molar-refractivity contribution in [2.24, 2.45) is 11.7 Å². The number of unbranched alkanes of at least 4 members (excludes halogenated alkanes) is 1. The van der Waals surface area contributed by atoms with Gasteiger partial charge in [0.25, 0.3) is 10.2 Å². The zero-order chi connectivity index (χ0) is 14.9. The molecule has 0 saturated heterocycles. The van der Waals surface area contributed by atoms with Crippen LogP contribution >= 0.6 is 0 Å². The molecule has 0 radical (unpaired) electrons. The van der Waals surface area contributed by atoms with Gasteiger partial charge in [-0.05, 0) is 25.2 Å².